The molecule has 1 aliphatic heterocycles. The van der Waals surface area contributed by atoms with Crippen molar-refractivity contribution in [2.24, 2.45) is 0 Å². The number of rotatable bonds is 9. The molecule has 1 aliphatic rings. The van der Waals surface area contributed by atoms with Gasteiger partial charge in [0.15, 0.2) is 0 Å². The van der Waals surface area contributed by atoms with Gasteiger partial charge in [-0.3, -0.25) is 0 Å². The van der Waals surface area contributed by atoms with Gasteiger partial charge in [-0.1, -0.05) is 0 Å². The maximum atomic E-state index is 5.63. The number of nitrogens with zero attached hydrogens (tertiary/aromatic N) is 2. The molecule has 0 amide bonds. The highest BCUT2D eigenvalue weighted by Crippen LogP contribution is 2.17. The molecular weight excluding hydrogens is 242 g/mol. The van der Waals surface area contributed by atoms with E-state index in [2.05, 4.69) is 21.1 Å². The van der Waals surface area contributed by atoms with Crippen LogP contribution in [0.2, 0.25) is 0 Å². The lowest BCUT2D eigenvalue weighted by Crippen LogP contribution is -2.18. The van der Waals surface area contributed by atoms with Gasteiger partial charge in [-0.15, -0.1) is 0 Å². The second-order valence-corrected chi connectivity index (χ2v) is 5.05. The van der Waals surface area contributed by atoms with Gasteiger partial charge in [0.2, 0.25) is 0 Å². The summed E-state index contributed by atoms with van der Waals surface area (Å²) in [5.41, 5.74) is 1.09. The summed E-state index contributed by atoms with van der Waals surface area (Å²) in [6.45, 7) is 4.39. The Morgan fingerprint density at radius 2 is 2.53 bits per heavy atom. The van der Waals surface area contributed by atoms with Gasteiger partial charge in [0.25, 0.3) is 0 Å². The smallest absolute Gasteiger partial charge is 0.0949 e. The number of nitrogens with one attached hydrogen (secondary N) is 1. The lowest BCUT2D eigenvalue weighted by molar-refractivity contribution is 0.101. The molecule has 1 fully saturated rings. The molecule has 2 heterocycles. The predicted octanol–water partition coefficient (Wildman–Crippen LogP) is 1.58. The van der Waals surface area contributed by atoms with Gasteiger partial charge < -0.3 is 19.4 Å². The molecule has 0 bridgehead atoms. The molecule has 1 saturated heterocycles. The first-order valence-corrected chi connectivity index (χ1v) is 7.20. The van der Waals surface area contributed by atoms with Crippen LogP contribution in [-0.2, 0) is 22.6 Å². The molecule has 1 atom stereocenters. The number of methoxy groups -OCH3 is 1. The Kier molecular flexibility index (Phi) is 6.33. The highest BCUT2D eigenvalue weighted by molar-refractivity contribution is 4.96. The van der Waals surface area contributed by atoms with Gasteiger partial charge in [0.05, 0.1) is 24.7 Å². The normalized spacial score (nSPS) is 19.1. The molecular formula is C14H25N3O2. The molecule has 0 saturated carbocycles. The van der Waals surface area contributed by atoms with E-state index in [1.165, 1.54) is 19.3 Å². The minimum Gasteiger partial charge on any atom is -0.383 e. The number of hydrogen-bond donors (Lipinski definition) is 1. The molecule has 108 valence electrons. The van der Waals surface area contributed by atoms with Crippen LogP contribution in [0.25, 0.3) is 0 Å². The Morgan fingerprint density at radius 1 is 1.58 bits per heavy atom. The third-order valence-corrected chi connectivity index (χ3v) is 3.44. The van der Waals surface area contributed by atoms with Gasteiger partial charge in [-0.25, -0.2) is 4.98 Å². The molecule has 5 heteroatoms. The summed E-state index contributed by atoms with van der Waals surface area (Å²) in [6.07, 6.45) is 9.33. The van der Waals surface area contributed by atoms with Gasteiger partial charge in [0.1, 0.15) is 0 Å². The number of ether oxygens (including phenoxy) is 2. The largest absolute Gasteiger partial charge is 0.383 e. The summed E-state index contributed by atoms with van der Waals surface area (Å²) in [5, 5.41) is 3.30. The number of hydrogen-bond acceptors (Lipinski definition) is 4. The Bertz CT molecular complexity index is 348. The van der Waals surface area contributed by atoms with Crippen molar-refractivity contribution in [1.29, 1.82) is 0 Å². The van der Waals surface area contributed by atoms with Crippen LogP contribution in [0.5, 0.6) is 0 Å². The SMILES string of the molecule is COCCNCc1cn(CCCC2CCCO2)cn1. The molecule has 0 radical (unpaired) electrons. The number of aryl methyl sites for hydroxylation is 1. The predicted molar refractivity (Wildman–Crippen MR) is 74.0 cm³/mol. The van der Waals surface area contributed by atoms with Crippen LogP contribution in [0.3, 0.4) is 0 Å². The van der Waals surface area contributed by atoms with Crippen molar-refractivity contribution in [3.05, 3.63) is 18.2 Å². The lowest BCUT2D eigenvalue weighted by atomic mass is 10.1. The van der Waals surface area contributed by atoms with E-state index in [-0.39, 0.29) is 0 Å². The molecule has 19 heavy (non-hydrogen) atoms. The average Bonchev–Trinajstić information content (AvgIpc) is 3.07. The standard InChI is InChI=1S/C14H25N3O2/c1-18-9-6-15-10-13-11-17(12-16-13)7-2-4-14-5-3-8-19-14/h11-12,14-15H,2-10H2,1H3. The zero-order valence-electron chi connectivity index (χ0n) is 11.8. The Morgan fingerprint density at radius 3 is 3.32 bits per heavy atom. The summed E-state index contributed by atoms with van der Waals surface area (Å²) in [7, 11) is 1.71. The van der Waals surface area contributed by atoms with E-state index in [0.717, 1.165) is 45.0 Å². The highest BCUT2D eigenvalue weighted by atomic mass is 16.5. The zero-order valence-corrected chi connectivity index (χ0v) is 11.8. The molecule has 1 N–H and O–H groups in total. The van der Waals surface area contributed by atoms with Crippen LogP contribution < -0.4 is 5.32 Å². The van der Waals surface area contributed by atoms with Gasteiger partial charge in [0, 0.05) is 39.5 Å². The van der Waals surface area contributed by atoms with E-state index in [1.54, 1.807) is 7.11 Å². The van der Waals surface area contributed by atoms with Gasteiger partial charge >= 0.3 is 0 Å². The van der Waals surface area contributed by atoms with E-state index in [0.29, 0.717) is 6.10 Å². The second kappa shape index (κ2) is 8.30. The van der Waals surface area contributed by atoms with Crippen LogP contribution in [0.4, 0.5) is 0 Å². The first-order valence-electron chi connectivity index (χ1n) is 7.20. The second-order valence-electron chi connectivity index (χ2n) is 5.05. The number of imidazole rings is 1. The van der Waals surface area contributed by atoms with E-state index in [1.807, 2.05) is 6.33 Å². The monoisotopic (exact) mass is 267 g/mol. The zero-order chi connectivity index (χ0) is 13.3. The topological polar surface area (TPSA) is 48.3 Å². The third-order valence-electron chi connectivity index (χ3n) is 3.44. The van der Waals surface area contributed by atoms with Crippen molar-refractivity contribution in [1.82, 2.24) is 14.9 Å². The van der Waals surface area contributed by atoms with Crippen molar-refractivity contribution < 1.29 is 9.47 Å². The van der Waals surface area contributed by atoms with Gasteiger partial charge in [-0.05, 0) is 25.7 Å². The fourth-order valence-electron chi connectivity index (χ4n) is 2.38. The molecule has 1 unspecified atom stereocenters. The van der Waals surface area contributed by atoms with Crippen LogP contribution in [0.1, 0.15) is 31.4 Å². The molecule has 1 aromatic heterocycles. The minimum absolute atomic E-state index is 0.499. The third kappa shape index (κ3) is 5.30. The Balaban J connectivity index is 1.60. The molecule has 5 nitrogen and oxygen atoms in total. The summed E-state index contributed by atoms with van der Waals surface area (Å²) in [5.74, 6) is 0. The minimum atomic E-state index is 0.499. The fraction of sp³-hybridized carbons (Fsp3) is 0.786. The molecule has 0 aromatic carbocycles. The summed E-state index contributed by atoms with van der Waals surface area (Å²) >= 11 is 0. The summed E-state index contributed by atoms with van der Waals surface area (Å²) in [4.78, 5) is 4.39. The van der Waals surface area contributed by atoms with Crippen molar-refractivity contribution in [3.63, 3.8) is 0 Å². The first kappa shape index (κ1) is 14.5. The van der Waals surface area contributed by atoms with Crippen molar-refractivity contribution in [2.75, 3.05) is 26.9 Å². The van der Waals surface area contributed by atoms with Crippen molar-refractivity contribution in [2.45, 2.75) is 44.9 Å². The van der Waals surface area contributed by atoms with Crippen LogP contribution in [0.15, 0.2) is 12.5 Å². The quantitative estimate of drug-likeness (QED) is 0.690. The summed E-state index contributed by atoms with van der Waals surface area (Å²) in [6, 6.07) is 0. The maximum absolute atomic E-state index is 5.63. The first-order chi connectivity index (χ1) is 9.38. The Labute approximate surface area is 115 Å². The van der Waals surface area contributed by atoms with Crippen LogP contribution in [0, 0.1) is 0 Å². The molecule has 0 aliphatic carbocycles. The molecule has 1 aromatic rings. The van der Waals surface area contributed by atoms with Crippen molar-refractivity contribution >= 4 is 0 Å². The average molecular weight is 267 g/mol. The highest BCUT2D eigenvalue weighted by Gasteiger charge is 2.14. The molecule has 2 rings (SSSR count). The fourth-order valence-corrected chi connectivity index (χ4v) is 2.38. The van der Waals surface area contributed by atoms with E-state index >= 15 is 0 Å². The van der Waals surface area contributed by atoms with Crippen LogP contribution >= 0.6 is 0 Å². The van der Waals surface area contributed by atoms with E-state index in [9.17, 15) is 0 Å². The number of aromatic nitrogens is 2. The van der Waals surface area contributed by atoms with Crippen LogP contribution in [-0.4, -0.2) is 42.5 Å². The lowest BCUT2D eigenvalue weighted by Gasteiger charge is -2.08. The van der Waals surface area contributed by atoms with Crippen molar-refractivity contribution in [3.8, 4) is 0 Å². The van der Waals surface area contributed by atoms with E-state index in [4.69, 9.17) is 9.47 Å². The molecule has 0 spiro atoms. The van der Waals surface area contributed by atoms with E-state index < -0.39 is 0 Å². The summed E-state index contributed by atoms with van der Waals surface area (Å²) < 4.78 is 12.8. The maximum Gasteiger partial charge on any atom is 0.0949 e. The van der Waals surface area contributed by atoms with Gasteiger partial charge in [-0.2, -0.15) is 0 Å². The Hall–Kier alpha value is -0.910.